The summed E-state index contributed by atoms with van der Waals surface area (Å²) < 4.78 is 0. The molecule has 1 heterocycles. The molecule has 1 unspecified atom stereocenters. The van der Waals surface area contributed by atoms with Crippen LogP contribution in [0.1, 0.15) is 20.3 Å². The van der Waals surface area contributed by atoms with Crippen molar-refractivity contribution in [1.82, 2.24) is 10.2 Å². The first-order valence-electron chi connectivity index (χ1n) is 8.45. The lowest BCUT2D eigenvalue weighted by Gasteiger charge is -2.13. The standard InChI is InChI=1S/C19H21N3O2S/c1-3-20-17(23)12-16-18(24)22(4-2)19(25-16)21-15-11-7-9-13-8-5-6-10-14(13)15/h5-11,16H,3-4,12H2,1-2H3,(H,20,23). The highest BCUT2D eigenvalue weighted by Gasteiger charge is 2.38. The average Bonchev–Trinajstić information content (AvgIpc) is 2.90. The highest BCUT2D eigenvalue weighted by Crippen LogP contribution is 2.33. The molecule has 0 spiro atoms. The molecule has 1 atom stereocenters. The first kappa shape index (κ1) is 17.5. The van der Waals surface area contributed by atoms with Crippen LogP contribution in [-0.4, -0.2) is 40.2 Å². The normalized spacial score (nSPS) is 19.0. The van der Waals surface area contributed by atoms with Crippen LogP contribution in [0.2, 0.25) is 0 Å². The maximum absolute atomic E-state index is 12.6. The summed E-state index contributed by atoms with van der Waals surface area (Å²) >= 11 is 1.37. The van der Waals surface area contributed by atoms with Crippen LogP contribution in [0.15, 0.2) is 47.5 Å². The molecule has 0 saturated carbocycles. The second-order valence-electron chi connectivity index (χ2n) is 5.74. The van der Waals surface area contributed by atoms with Crippen LogP contribution in [0, 0.1) is 0 Å². The van der Waals surface area contributed by atoms with Crippen LogP contribution in [0.5, 0.6) is 0 Å². The Labute approximate surface area is 151 Å². The van der Waals surface area contributed by atoms with Gasteiger partial charge in [0.1, 0.15) is 5.25 Å². The molecule has 25 heavy (non-hydrogen) atoms. The first-order chi connectivity index (χ1) is 12.1. The summed E-state index contributed by atoms with van der Waals surface area (Å²) in [5, 5.41) is 5.18. The average molecular weight is 355 g/mol. The molecule has 5 nitrogen and oxygen atoms in total. The van der Waals surface area contributed by atoms with Crippen LogP contribution in [0.3, 0.4) is 0 Å². The van der Waals surface area contributed by atoms with E-state index in [1.54, 1.807) is 4.90 Å². The molecule has 6 heteroatoms. The quantitative estimate of drug-likeness (QED) is 0.895. The number of thioether (sulfide) groups is 1. The van der Waals surface area contributed by atoms with Crippen molar-refractivity contribution < 1.29 is 9.59 Å². The number of benzene rings is 2. The fourth-order valence-corrected chi connectivity index (χ4v) is 4.08. The minimum atomic E-state index is -0.403. The minimum Gasteiger partial charge on any atom is -0.356 e. The molecule has 1 saturated heterocycles. The van der Waals surface area contributed by atoms with E-state index in [1.165, 1.54) is 11.8 Å². The summed E-state index contributed by atoms with van der Waals surface area (Å²) in [4.78, 5) is 30.8. The number of amidine groups is 1. The van der Waals surface area contributed by atoms with Crippen LogP contribution < -0.4 is 5.32 Å². The summed E-state index contributed by atoms with van der Waals surface area (Å²) in [6.07, 6.45) is 0.183. The van der Waals surface area contributed by atoms with Gasteiger partial charge in [-0.25, -0.2) is 4.99 Å². The lowest BCUT2D eigenvalue weighted by atomic mass is 10.1. The van der Waals surface area contributed by atoms with Crippen LogP contribution in [0.25, 0.3) is 10.8 Å². The van der Waals surface area contributed by atoms with E-state index in [1.807, 2.05) is 56.3 Å². The predicted molar refractivity (Wildman–Crippen MR) is 103 cm³/mol. The zero-order chi connectivity index (χ0) is 17.8. The molecule has 130 valence electrons. The number of carbonyl (C=O) groups is 2. The van der Waals surface area contributed by atoms with Crippen LogP contribution in [0.4, 0.5) is 5.69 Å². The van der Waals surface area contributed by atoms with Gasteiger partial charge in [-0.05, 0) is 25.3 Å². The summed E-state index contributed by atoms with van der Waals surface area (Å²) in [5.41, 5.74) is 0.838. The van der Waals surface area contributed by atoms with E-state index in [0.29, 0.717) is 18.3 Å². The van der Waals surface area contributed by atoms with E-state index in [0.717, 1.165) is 16.5 Å². The molecule has 3 rings (SSSR count). The van der Waals surface area contributed by atoms with Gasteiger partial charge in [-0.2, -0.15) is 0 Å². The zero-order valence-electron chi connectivity index (χ0n) is 14.4. The highest BCUT2D eigenvalue weighted by atomic mass is 32.2. The Bertz CT molecular complexity index is 829. The summed E-state index contributed by atoms with van der Waals surface area (Å²) in [7, 11) is 0. The third kappa shape index (κ3) is 3.69. The number of hydrogen-bond donors (Lipinski definition) is 1. The number of aliphatic imine (C=N–C) groups is 1. The molecule has 1 aliphatic rings. The topological polar surface area (TPSA) is 61.8 Å². The van der Waals surface area contributed by atoms with Gasteiger partial charge in [0.05, 0.1) is 5.69 Å². The summed E-state index contributed by atoms with van der Waals surface area (Å²) in [5.74, 6) is -0.145. The minimum absolute atomic E-state index is 0.0438. The number of carbonyl (C=O) groups excluding carboxylic acids is 2. The smallest absolute Gasteiger partial charge is 0.242 e. The fraction of sp³-hybridized carbons (Fsp3) is 0.316. The van der Waals surface area contributed by atoms with Gasteiger partial charge in [0.25, 0.3) is 0 Å². The number of rotatable bonds is 5. The fourth-order valence-electron chi connectivity index (χ4n) is 2.86. The molecule has 2 amide bonds. The van der Waals surface area contributed by atoms with Gasteiger partial charge in [0, 0.05) is 24.9 Å². The Morgan fingerprint density at radius 1 is 1.20 bits per heavy atom. The molecule has 0 aromatic heterocycles. The SMILES string of the molecule is CCNC(=O)CC1SC(=Nc2cccc3ccccc23)N(CC)C1=O. The Morgan fingerprint density at radius 3 is 2.72 bits per heavy atom. The Balaban J connectivity index is 1.91. The van der Waals surface area contributed by atoms with Crippen LogP contribution in [-0.2, 0) is 9.59 Å². The molecule has 1 N–H and O–H groups in total. The van der Waals surface area contributed by atoms with Gasteiger partial charge < -0.3 is 5.32 Å². The van der Waals surface area contributed by atoms with Crippen molar-refractivity contribution in [3.8, 4) is 0 Å². The van der Waals surface area contributed by atoms with Gasteiger partial charge >= 0.3 is 0 Å². The predicted octanol–water partition coefficient (Wildman–Crippen LogP) is 3.32. The Kier molecular flexibility index (Phi) is 5.38. The van der Waals surface area contributed by atoms with E-state index >= 15 is 0 Å². The molecular weight excluding hydrogens is 334 g/mol. The number of hydrogen-bond acceptors (Lipinski definition) is 4. The van der Waals surface area contributed by atoms with Crippen LogP contribution >= 0.6 is 11.8 Å². The Morgan fingerprint density at radius 2 is 1.96 bits per heavy atom. The monoisotopic (exact) mass is 355 g/mol. The molecule has 2 aromatic rings. The van der Waals surface area contributed by atoms with Gasteiger partial charge in [-0.1, -0.05) is 48.2 Å². The van der Waals surface area contributed by atoms with Crippen molar-refractivity contribution in [2.45, 2.75) is 25.5 Å². The maximum atomic E-state index is 12.6. The highest BCUT2D eigenvalue weighted by molar-refractivity contribution is 8.15. The van der Waals surface area contributed by atoms with Crippen molar-refractivity contribution in [3.05, 3.63) is 42.5 Å². The van der Waals surface area contributed by atoms with Crippen molar-refractivity contribution >= 4 is 45.2 Å². The largest absolute Gasteiger partial charge is 0.356 e. The Hall–Kier alpha value is -2.34. The summed E-state index contributed by atoms with van der Waals surface area (Å²) in [6.45, 7) is 4.90. The molecular formula is C19H21N3O2S. The van der Waals surface area contributed by atoms with E-state index in [-0.39, 0.29) is 18.2 Å². The molecule has 1 aliphatic heterocycles. The second-order valence-corrected chi connectivity index (χ2v) is 6.91. The van der Waals surface area contributed by atoms with Crippen molar-refractivity contribution in [1.29, 1.82) is 0 Å². The molecule has 0 radical (unpaired) electrons. The molecule has 0 aliphatic carbocycles. The van der Waals surface area contributed by atoms with Gasteiger partial charge in [0.15, 0.2) is 5.17 Å². The van der Waals surface area contributed by atoms with Crippen molar-refractivity contribution in [2.24, 2.45) is 4.99 Å². The molecule has 0 bridgehead atoms. The molecule has 2 aromatic carbocycles. The van der Waals surface area contributed by atoms with E-state index in [9.17, 15) is 9.59 Å². The zero-order valence-corrected chi connectivity index (χ0v) is 15.2. The lowest BCUT2D eigenvalue weighted by Crippen LogP contribution is -2.34. The summed E-state index contributed by atoms with van der Waals surface area (Å²) in [6, 6.07) is 14.0. The van der Waals surface area contributed by atoms with Gasteiger partial charge in [-0.3, -0.25) is 14.5 Å². The number of nitrogens with zero attached hydrogens (tertiary/aromatic N) is 2. The lowest BCUT2D eigenvalue weighted by molar-refractivity contribution is -0.129. The van der Waals surface area contributed by atoms with Crippen molar-refractivity contribution in [2.75, 3.05) is 13.1 Å². The number of amides is 2. The van der Waals surface area contributed by atoms with Gasteiger partial charge in [-0.15, -0.1) is 0 Å². The molecule has 1 fully saturated rings. The maximum Gasteiger partial charge on any atom is 0.242 e. The van der Waals surface area contributed by atoms with Crippen molar-refractivity contribution in [3.63, 3.8) is 0 Å². The first-order valence-corrected chi connectivity index (χ1v) is 9.33. The number of nitrogens with one attached hydrogen (secondary N) is 1. The third-order valence-electron chi connectivity index (χ3n) is 4.06. The third-order valence-corrected chi connectivity index (χ3v) is 5.24. The van der Waals surface area contributed by atoms with E-state index in [4.69, 9.17) is 4.99 Å². The van der Waals surface area contributed by atoms with E-state index in [2.05, 4.69) is 5.32 Å². The second kappa shape index (κ2) is 7.70. The van der Waals surface area contributed by atoms with E-state index < -0.39 is 5.25 Å². The van der Waals surface area contributed by atoms with Gasteiger partial charge in [0.2, 0.25) is 11.8 Å². The number of fused-ring (bicyclic) bond motifs is 1.